The molecule has 114 valence electrons. The van der Waals surface area contributed by atoms with Gasteiger partial charge in [0, 0.05) is 5.57 Å². The molecule has 0 radical (unpaired) electrons. The van der Waals surface area contributed by atoms with Gasteiger partial charge < -0.3 is 10.1 Å². The summed E-state index contributed by atoms with van der Waals surface area (Å²) in [6, 6.07) is 8.08. The number of carbonyl (C=O) groups is 1. The maximum atomic E-state index is 12.4. The number of benzene rings is 1. The van der Waals surface area contributed by atoms with Gasteiger partial charge in [-0.1, -0.05) is 38.0 Å². The fraction of sp³-hybridized carbons (Fsp3) is 0.500. The van der Waals surface area contributed by atoms with Crippen LogP contribution in [-0.4, -0.2) is 13.0 Å². The zero-order valence-electron chi connectivity index (χ0n) is 13.2. The van der Waals surface area contributed by atoms with Crippen molar-refractivity contribution in [2.45, 2.75) is 51.5 Å². The molecule has 1 aliphatic rings. The van der Waals surface area contributed by atoms with Crippen LogP contribution < -0.4 is 10.1 Å². The first-order valence-electron chi connectivity index (χ1n) is 7.75. The Kier molecular flexibility index (Phi) is 5.05. The van der Waals surface area contributed by atoms with E-state index in [2.05, 4.69) is 17.4 Å². The second kappa shape index (κ2) is 6.79. The van der Waals surface area contributed by atoms with Crippen LogP contribution in [-0.2, 0) is 10.3 Å². The van der Waals surface area contributed by atoms with Gasteiger partial charge in [-0.3, -0.25) is 4.79 Å². The van der Waals surface area contributed by atoms with Crippen LogP contribution in [0.1, 0.15) is 51.5 Å². The molecule has 1 aliphatic carbocycles. The van der Waals surface area contributed by atoms with Crippen LogP contribution in [0.3, 0.4) is 0 Å². The molecule has 1 amide bonds. The molecule has 3 heteroatoms. The van der Waals surface area contributed by atoms with Gasteiger partial charge in [-0.2, -0.15) is 0 Å². The Morgan fingerprint density at radius 3 is 2.43 bits per heavy atom. The number of carbonyl (C=O) groups excluding carboxylic acids is 1. The minimum absolute atomic E-state index is 0.0505. The third-order valence-corrected chi connectivity index (χ3v) is 4.32. The van der Waals surface area contributed by atoms with Crippen LogP contribution in [0.4, 0.5) is 0 Å². The second-order valence-corrected chi connectivity index (χ2v) is 5.77. The van der Waals surface area contributed by atoms with Crippen LogP contribution in [0.25, 0.3) is 0 Å². The average molecular weight is 287 g/mol. The van der Waals surface area contributed by atoms with E-state index in [1.165, 1.54) is 5.56 Å². The summed E-state index contributed by atoms with van der Waals surface area (Å²) in [6.07, 6.45) is 7.18. The summed E-state index contributed by atoms with van der Waals surface area (Å²) in [5.41, 5.74) is 1.77. The van der Waals surface area contributed by atoms with Crippen LogP contribution in [0, 0.1) is 0 Å². The molecule has 0 spiro atoms. The Hall–Kier alpha value is -1.77. The first kappa shape index (κ1) is 15.6. The fourth-order valence-corrected chi connectivity index (χ4v) is 3.09. The predicted molar refractivity (Wildman–Crippen MR) is 85.3 cm³/mol. The molecule has 21 heavy (non-hydrogen) atoms. The number of nitrogens with one attached hydrogen (secondary N) is 1. The maximum Gasteiger partial charge on any atom is 0.247 e. The largest absolute Gasteiger partial charge is 0.497 e. The zero-order valence-corrected chi connectivity index (χ0v) is 13.2. The highest BCUT2D eigenvalue weighted by atomic mass is 16.5. The zero-order chi connectivity index (χ0) is 15.3. The Morgan fingerprint density at radius 2 is 1.90 bits per heavy atom. The smallest absolute Gasteiger partial charge is 0.247 e. The molecule has 1 N–H and O–H groups in total. The van der Waals surface area contributed by atoms with Crippen LogP contribution in [0.5, 0.6) is 5.75 Å². The summed E-state index contributed by atoms with van der Waals surface area (Å²) in [7, 11) is 1.67. The van der Waals surface area contributed by atoms with Crippen molar-refractivity contribution in [1.29, 1.82) is 0 Å². The molecule has 1 fully saturated rings. The summed E-state index contributed by atoms with van der Waals surface area (Å²) >= 11 is 0. The van der Waals surface area contributed by atoms with Gasteiger partial charge in [-0.25, -0.2) is 0 Å². The van der Waals surface area contributed by atoms with E-state index in [0.29, 0.717) is 0 Å². The second-order valence-electron chi connectivity index (χ2n) is 5.77. The highest BCUT2D eigenvalue weighted by Gasteiger charge is 2.37. The molecular formula is C18H25NO2. The first-order valence-corrected chi connectivity index (χ1v) is 7.75. The third kappa shape index (κ3) is 3.46. The first-order chi connectivity index (χ1) is 10.1. The van der Waals surface area contributed by atoms with E-state index >= 15 is 0 Å². The SMILES string of the molecule is CCC=C(C)C(=O)NC1(c2ccc(OC)cc2)CCCC1. The Balaban J connectivity index is 2.24. The third-order valence-electron chi connectivity index (χ3n) is 4.32. The Labute approximate surface area is 127 Å². The summed E-state index contributed by atoms with van der Waals surface area (Å²) in [6.45, 7) is 3.93. The highest BCUT2D eigenvalue weighted by molar-refractivity contribution is 5.93. The summed E-state index contributed by atoms with van der Waals surface area (Å²) in [4.78, 5) is 12.4. The van der Waals surface area contributed by atoms with Gasteiger partial charge in [-0.15, -0.1) is 0 Å². The van der Waals surface area contributed by atoms with Crippen molar-refractivity contribution in [3.05, 3.63) is 41.5 Å². The molecule has 0 heterocycles. The Bertz CT molecular complexity index is 511. The van der Waals surface area contributed by atoms with Crippen LogP contribution >= 0.6 is 0 Å². The van der Waals surface area contributed by atoms with Crippen LogP contribution in [0.2, 0.25) is 0 Å². The molecule has 1 saturated carbocycles. The molecule has 0 saturated heterocycles. The van der Waals surface area contributed by atoms with Crippen molar-refractivity contribution in [2.75, 3.05) is 7.11 Å². The van der Waals surface area contributed by atoms with Gasteiger partial charge in [0.25, 0.3) is 0 Å². The van der Waals surface area contributed by atoms with E-state index in [-0.39, 0.29) is 11.4 Å². The van der Waals surface area contributed by atoms with E-state index in [1.54, 1.807) is 7.11 Å². The minimum Gasteiger partial charge on any atom is -0.497 e. The lowest BCUT2D eigenvalue weighted by molar-refractivity contribution is -0.119. The normalized spacial score (nSPS) is 17.6. The number of hydrogen-bond donors (Lipinski definition) is 1. The number of rotatable bonds is 5. The van der Waals surface area contributed by atoms with Gasteiger partial charge in [0.1, 0.15) is 5.75 Å². The lowest BCUT2D eigenvalue weighted by atomic mass is 9.87. The predicted octanol–water partition coefficient (Wildman–Crippen LogP) is 3.94. The lowest BCUT2D eigenvalue weighted by Gasteiger charge is -2.31. The number of amides is 1. The Morgan fingerprint density at radius 1 is 1.29 bits per heavy atom. The van der Waals surface area contributed by atoms with Crippen molar-refractivity contribution < 1.29 is 9.53 Å². The van der Waals surface area contributed by atoms with Crippen molar-refractivity contribution in [2.24, 2.45) is 0 Å². The molecule has 0 aliphatic heterocycles. The molecule has 2 rings (SSSR count). The summed E-state index contributed by atoms with van der Waals surface area (Å²) in [5, 5.41) is 3.28. The van der Waals surface area contributed by atoms with Crippen molar-refractivity contribution in [3.63, 3.8) is 0 Å². The van der Waals surface area contributed by atoms with Crippen LogP contribution in [0.15, 0.2) is 35.9 Å². The topological polar surface area (TPSA) is 38.3 Å². The van der Waals surface area contributed by atoms with E-state index in [1.807, 2.05) is 32.1 Å². The minimum atomic E-state index is -0.216. The van der Waals surface area contributed by atoms with Crippen molar-refractivity contribution in [3.8, 4) is 5.75 Å². The molecule has 0 atom stereocenters. The van der Waals surface area contributed by atoms with Gasteiger partial charge in [-0.05, 0) is 43.9 Å². The van der Waals surface area contributed by atoms with Crippen molar-refractivity contribution in [1.82, 2.24) is 5.32 Å². The van der Waals surface area contributed by atoms with Crippen molar-refractivity contribution >= 4 is 5.91 Å². The average Bonchev–Trinajstić information content (AvgIpc) is 2.97. The molecule has 3 nitrogen and oxygen atoms in total. The number of ether oxygens (including phenoxy) is 1. The number of hydrogen-bond acceptors (Lipinski definition) is 2. The standard InChI is InChI=1S/C18H25NO2/c1-4-7-14(2)17(20)19-18(12-5-6-13-18)15-8-10-16(21-3)11-9-15/h7-11H,4-6,12-13H2,1-3H3,(H,19,20). The molecule has 0 aromatic heterocycles. The summed E-state index contributed by atoms with van der Waals surface area (Å²) < 4.78 is 5.22. The van der Waals surface area contributed by atoms with E-state index < -0.39 is 0 Å². The van der Waals surface area contributed by atoms with Gasteiger partial charge in [0.15, 0.2) is 0 Å². The number of methoxy groups -OCH3 is 1. The molecule has 1 aromatic rings. The molecule has 0 unspecified atom stereocenters. The molecule has 1 aromatic carbocycles. The number of allylic oxidation sites excluding steroid dienone is 1. The van der Waals surface area contributed by atoms with E-state index in [4.69, 9.17) is 4.74 Å². The van der Waals surface area contributed by atoms with Gasteiger partial charge in [0.2, 0.25) is 5.91 Å². The van der Waals surface area contributed by atoms with Gasteiger partial charge >= 0.3 is 0 Å². The lowest BCUT2D eigenvalue weighted by Crippen LogP contribution is -2.44. The molecular weight excluding hydrogens is 262 g/mol. The maximum absolute atomic E-state index is 12.4. The van der Waals surface area contributed by atoms with Gasteiger partial charge in [0.05, 0.1) is 12.6 Å². The highest BCUT2D eigenvalue weighted by Crippen LogP contribution is 2.39. The van der Waals surface area contributed by atoms with E-state index in [9.17, 15) is 4.79 Å². The van der Waals surface area contributed by atoms with E-state index in [0.717, 1.165) is 43.4 Å². The summed E-state index contributed by atoms with van der Waals surface area (Å²) in [5.74, 6) is 0.898. The quantitative estimate of drug-likeness (QED) is 0.833. The fourth-order valence-electron chi connectivity index (χ4n) is 3.09. The monoisotopic (exact) mass is 287 g/mol. The molecule has 0 bridgehead atoms.